The minimum Gasteiger partial charge on any atom is -0.444 e. The smallest absolute Gasteiger partial charge is 0.414 e. The Bertz CT molecular complexity index is 1090. The maximum absolute atomic E-state index is 15.0. The van der Waals surface area contributed by atoms with Crippen molar-refractivity contribution in [2.24, 2.45) is 0 Å². The molecule has 3 heterocycles. The lowest BCUT2D eigenvalue weighted by Gasteiger charge is -2.24. The highest BCUT2D eigenvalue weighted by Gasteiger charge is 2.33. The van der Waals surface area contributed by atoms with E-state index >= 15 is 4.39 Å². The first-order valence-electron chi connectivity index (χ1n) is 11.2. The maximum atomic E-state index is 15.0. The molecule has 2 aliphatic rings. The Morgan fingerprint density at radius 1 is 1.25 bits per heavy atom. The maximum Gasteiger partial charge on any atom is 0.414 e. The number of Topliss-reactive ketones (excluding diaryl/α,β-unsaturated/α-hetero) is 1. The Morgan fingerprint density at radius 3 is 2.81 bits per heavy atom. The second-order valence-corrected chi connectivity index (χ2v) is 8.10. The fourth-order valence-corrected chi connectivity index (χ4v) is 3.83. The van der Waals surface area contributed by atoms with Gasteiger partial charge in [0.15, 0.2) is 5.78 Å². The Hall–Kier alpha value is -3.88. The van der Waals surface area contributed by atoms with E-state index in [0.717, 1.165) is 5.06 Å². The zero-order valence-corrected chi connectivity index (χ0v) is 19.0. The number of carbonyl (C=O) groups excluding carboxylic acids is 3. The molecule has 0 bridgehead atoms. The van der Waals surface area contributed by atoms with Gasteiger partial charge in [-0.3, -0.25) is 14.5 Å². The van der Waals surface area contributed by atoms with Gasteiger partial charge in [-0.25, -0.2) is 27.8 Å². The third-order valence-electron chi connectivity index (χ3n) is 5.71. The molecule has 12 nitrogen and oxygen atoms in total. The van der Waals surface area contributed by atoms with Crippen LogP contribution >= 0.6 is 0 Å². The molecule has 1 aromatic heterocycles. The van der Waals surface area contributed by atoms with E-state index in [4.69, 9.17) is 9.57 Å². The largest absolute Gasteiger partial charge is 0.444 e. The summed E-state index contributed by atoms with van der Waals surface area (Å²) in [5, 5.41) is 13.8. The van der Waals surface area contributed by atoms with Gasteiger partial charge in [-0.05, 0) is 24.6 Å². The summed E-state index contributed by atoms with van der Waals surface area (Å²) in [6, 6.07) is 3.76. The average Bonchev–Trinajstić information content (AvgIpc) is 3.44. The predicted octanol–water partition coefficient (Wildman–Crippen LogP) is 1.85. The summed E-state index contributed by atoms with van der Waals surface area (Å²) in [6.07, 6.45) is -3.52. The summed E-state index contributed by atoms with van der Waals surface area (Å²) >= 11 is 0. The molecule has 0 spiro atoms. The van der Waals surface area contributed by atoms with E-state index in [2.05, 4.69) is 20.7 Å². The molecular weight excluding hydrogens is 487 g/mol. The van der Waals surface area contributed by atoms with Crippen molar-refractivity contribution in [3.05, 3.63) is 35.9 Å². The minimum atomic E-state index is -3.06. The summed E-state index contributed by atoms with van der Waals surface area (Å²) in [6.45, 7) is 1.09. The number of amides is 3. The number of ketones is 1. The number of cyclic esters (lactones) is 1. The van der Waals surface area contributed by atoms with Crippen molar-refractivity contribution in [2.45, 2.75) is 31.9 Å². The van der Waals surface area contributed by atoms with Gasteiger partial charge in [0.1, 0.15) is 17.6 Å². The van der Waals surface area contributed by atoms with Crippen LogP contribution in [0.25, 0.3) is 0 Å². The molecule has 2 saturated heterocycles. The number of H-pyrrole nitrogens is 1. The van der Waals surface area contributed by atoms with E-state index in [-0.39, 0.29) is 44.0 Å². The quantitative estimate of drug-likeness (QED) is 0.549. The zero-order chi connectivity index (χ0) is 25.7. The van der Waals surface area contributed by atoms with E-state index in [1.807, 2.05) is 0 Å². The summed E-state index contributed by atoms with van der Waals surface area (Å²) in [5.74, 6) is -1.81. The SMILES string of the molecule is O=C(CC[C@H]1CN(c2ccc(N3CCON(C(=O)NCc4cn[nH]n4)CC3)c(F)c2)C(=O)O1)C(F)F. The summed E-state index contributed by atoms with van der Waals surface area (Å²) < 4.78 is 44.9. The van der Waals surface area contributed by atoms with Crippen molar-refractivity contribution in [2.75, 3.05) is 42.6 Å². The van der Waals surface area contributed by atoms with Gasteiger partial charge in [-0.15, -0.1) is 0 Å². The zero-order valence-electron chi connectivity index (χ0n) is 19.0. The van der Waals surface area contributed by atoms with Crippen LogP contribution in [0.4, 0.5) is 34.1 Å². The molecule has 36 heavy (non-hydrogen) atoms. The van der Waals surface area contributed by atoms with Crippen LogP contribution < -0.4 is 15.1 Å². The number of anilines is 2. The van der Waals surface area contributed by atoms with Crippen molar-refractivity contribution in [1.29, 1.82) is 0 Å². The van der Waals surface area contributed by atoms with Crippen LogP contribution in [-0.4, -0.2) is 83.7 Å². The number of alkyl halides is 2. The van der Waals surface area contributed by atoms with E-state index in [9.17, 15) is 23.2 Å². The molecule has 1 aromatic carbocycles. The third kappa shape index (κ3) is 6.02. The fraction of sp³-hybridized carbons (Fsp3) is 0.476. The first kappa shape index (κ1) is 25.2. The van der Waals surface area contributed by atoms with Gasteiger partial charge in [-0.2, -0.15) is 15.4 Å². The van der Waals surface area contributed by atoms with Gasteiger partial charge in [0.25, 0.3) is 6.43 Å². The number of carbonyl (C=O) groups is 3. The fourth-order valence-electron chi connectivity index (χ4n) is 3.83. The molecule has 2 aromatic rings. The van der Waals surface area contributed by atoms with Crippen molar-refractivity contribution in [3.8, 4) is 0 Å². The minimum absolute atomic E-state index is 0.0180. The van der Waals surface area contributed by atoms with Crippen LogP contribution in [0.5, 0.6) is 0 Å². The van der Waals surface area contributed by atoms with Crippen LogP contribution in [0, 0.1) is 5.82 Å². The molecule has 0 unspecified atom stereocenters. The summed E-state index contributed by atoms with van der Waals surface area (Å²) in [5.41, 5.74) is 1.06. The highest BCUT2D eigenvalue weighted by Crippen LogP contribution is 2.29. The van der Waals surface area contributed by atoms with Crippen LogP contribution in [0.15, 0.2) is 24.4 Å². The number of aromatic nitrogens is 3. The van der Waals surface area contributed by atoms with Gasteiger partial charge in [0, 0.05) is 19.5 Å². The normalized spacial score (nSPS) is 18.4. The number of hydrogen-bond acceptors (Lipinski definition) is 8. The monoisotopic (exact) mass is 511 g/mol. The molecule has 2 aliphatic heterocycles. The standard InChI is InChI=1S/C21H24F3N7O5/c22-16-9-14(30-12-15(36-21(30)34)2-4-18(32)19(23)24)1-3-17(16)29-5-6-31(35-8-7-29)20(33)25-10-13-11-26-28-27-13/h1,3,9,11,15,19H,2,4-8,10,12H2,(H,25,33)(H,26,27,28)/t15-/m0/s1. The van der Waals surface area contributed by atoms with Gasteiger partial charge >= 0.3 is 12.1 Å². The lowest BCUT2D eigenvalue weighted by atomic mass is 10.1. The molecule has 3 amide bonds. The Balaban J connectivity index is 1.32. The Kier molecular flexibility index (Phi) is 7.87. The van der Waals surface area contributed by atoms with Gasteiger partial charge in [0.2, 0.25) is 0 Å². The van der Waals surface area contributed by atoms with Crippen molar-refractivity contribution in [1.82, 2.24) is 25.8 Å². The number of nitrogens with one attached hydrogen (secondary N) is 2. The van der Waals surface area contributed by atoms with Crippen molar-refractivity contribution >= 4 is 29.3 Å². The second kappa shape index (κ2) is 11.2. The number of rotatable bonds is 8. The van der Waals surface area contributed by atoms with Crippen LogP contribution in [-0.2, 0) is 20.9 Å². The van der Waals surface area contributed by atoms with E-state index in [1.54, 1.807) is 11.0 Å². The predicted molar refractivity (Wildman–Crippen MR) is 118 cm³/mol. The number of urea groups is 1. The highest BCUT2D eigenvalue weighted by molar-refractivity contribution is 5.90. The molecule has 194 valence electrons. The lowest BCUT2D eigenvalue weighted by Crippen LogP contribution is -2.41. The van der Waals surface area contributed by atoms with Crippen LogP contribution in [0.3, 0.4) is 0 Å². The Labute approximate surface area is 203 Å². The number of nitrogens with zero attached hydrogens (tertiary/aromatic N) is 5. The molecule has 1 atom stereocenters. The highest BCUT2D eigenvalue weighted by atomic mass is 19.3. The molecule has 0 saturated carbocycles. The second-order valence-electron chi connectivity index (χ2n) is 8.10. The molecular formula is C21H24F3N7O5. The van der Waals surface area contributed by atoms with Crippen LogP contribution in [0.1, 0.15) is 18.5 Å². The third-order valence-corrected chi connectivity index (χ3v) is 5.71. The average molecular weight is 511 g/mol. The number of aromatic amines is 1. The molecule has 15 heteroatoms. The molecule has 2 fully saturated rings. The number of hydroxylamine groups is 2. The summed E-state index contributed by atoms with van der Waals surface area (Å²) in [7, 11) is 0. The number of benzene rings is 1. The molecule has 0 aliphatic carbocycles. The van der Waals surface area contributed by atoms with E-state index < -0.39 is 42.7 Å². The lowest BCUT2D eigenvalue weighted by molar-refractivity contribution is -0.129. The first-order chi connectivity index (χ1) is 17.3. The Morgan fingerprint density at radius 2 is 2.08 bits per heavy atom. The van der Waals surface area contributed by atoms with E-state index in [1.165, 1.54) is 23.2 Å². The topological polar surface area (TPSA) is 133 Å². The number of hydrogen-bond donors (Lipinski definition) is 2. The van der Waals surface area contributed by atoms with Gasteiger partial charge in [0.05, 0.1) is 43.8 Å². The van der Waals surface area contributed by atoms with E-state index in [0.29, 0.717) is 18.8 Å². The number of ether oxygens (including phenoxy) is 1. The van der Waals surface area contributed by atoms with Crippen molar-refractivity contribution < 1.29 is 37.1 Å². The number of halogens is 3. The first-order valence-corrected chi connectivity index (χ1v) is 11.2. The van der Waals surface area contributed by atoms with Gasteiger partial charge in [-0.1, -0.05) is 0 Å². The van der Waals surface area contributed by atoms with Gasteiger partial charge < -0.3 is 15.0 Å². The van der Waals surface area contributed by atoms with Crippen LogP contribution in [0.2, 0.25) is 0 Å². The molecule has 4 rings (SSSR count). The molecule has 2 N–H and O–H groups in total. The molecule has 0 radical (unpaired) electrons. The van der Waals surface area contributed by atoms with Crippen molar-refractivity contribution in [3.63, 3.8) is 0 Å². The summed E-state index contributed by atoms with van der Waals surface area (Å²) in [4.78, 5) is 44.1.